The van der Waals surface area contributed by atoms with Gasteiger partial charge in [-0.3, -0.25) is 9.59 Å². The highest BCUT2D eigenvalue weighted by Crippen LogP contribution is 2.49. The molecule has 2 amide bonds. The zero-order chi connectivity index (χ0) is 15.3. The summed E-state index contributed by atoms with van der Waals surface area (Å²) in [5.41, 5.74) is -0.883. The molecular formula is C14H22N2O4S. The molecule has 0 spiro atoms. The van der Waals surface area contributed by atoms with Crippen molar-refractivity contribution in [2.24, 2.45) is 5.41 Å². The molecule has 1 unspecified atom stereocenters. The minimum atomic E-state index is -3.02. The molecule has 1 aliphatic carbocycles. The summed E-state index contributed by atoms with van der Waals surface area (Å²) < 4.78 is 23.1. The summed E-state index contributed by atoms with van der Waals surface area (Å²) in [6.07, 6.45) is 3.70. The Hall–Kier alpha value is -1.11. The number of amides is 2. The van der Waals surface area contributed by atoms with Crippen LogP contribution >= 0.6 is 0 Å². The van der Waals surface area contributed by atoms with Crippen molar-refractivity contribution in [3.05, 3.63) is 0 Å². The Labute approximate surface area is 125 Å². The average Bonchev–Trinajstić information content (AvgIpc) is 2.90. The Morgan fingerprint density at radius 3 is 2.29 bits per heavy atom. The normalized spacial score (nSPS) is 29.4. The minimum absolute atomic E-state index is 0.0310. The molecule has 7 heteroatoms. The van der Waals surface area contributed by atoms with E-state index in [1.807, 2.05) is 0 Å². The lowest BCUT2D eigenvalue weighted by Crippen LogP contribution is -2.48. The summed E-state index contributed by atoms with van der Waals surface area (Å²) in [6.45, 7) is 1.49. The van der Waals surface area contributed by atoms with Gasteiger partial charge in [-0.25, -0.2) is 8.42 Å². The highest BCUT2D eigenvalue weighted by molar-refractivity contribution is 7.91. The summed E-state index contributed by atoms with van der Waals surface area (Å²) in [4.78, 5) is 28.6. The molecule has 3 fully saturated rings. The molecule has 1 saturated carbocycles. The van der Waals surface area contributed by atoms with E-state index in [9.17, 15) is 18.0 Å². The number of hydrogen-bond acceptors (Lipinski definition) is 4. The van der Waals surface area contributed by atoms with Gasteiger partial charge in [0.15, 0.2) is 9.84 Å². The van der Waals surface area contributed by atoms with Gasteiger partial charge in [0.2, 0.25) is 11.8 Å². The molecule has 2 aliphatic heterocycles. The third-order valence-corrected chi connectivity index (χ3v) is 6.79. The first-order chi connectivity index (χ1) is 9.86. The highest BCUT2D eigenvalue weighted by atomic mass is 32.2. The molecule has 3 rings (SSSR count). The predicted molar refractivity (Wildman–Crippen MR) is 77.3 cm³/mol. The number of carbonyl (C=O) groups is 2. The maximum Gasteiger partial charge on any atom is 0.238 e. The Morgan fingerprint density at radius 1 is 1.19 bits per heavy atom. The number of likely N-dealkylation sites (tertiary alicyclic amines) is 1. The molecule has 0 radical (unpaired) electrons. The fraction of sp³-hybridized carbons (Fsp3) is 0.857. The zero-order valence-corrected chi connectivity index (χ0v) is 13.2. The van der Waals surface area contributed by atoms with E-state index < -0.39 is 15.3 Å². The molecule has 0 N–H and O–H groups in total. The van der Waals surface area contributed by atoms with Crippen LogP contribution in [-0.4, -0.2) is 67.7 Å². The Balaban J connectivity index is 1.71. The van der Waals surface area contributed by atoms with Crippen molar-refractivity contribution in [2.45, 2.75) is 38.1 Å². The first-order valence-corrected chi connectivity index (χ1v) is 9.45. The summed E-state index contributed by atoms with van der Waals surface area (Å²) in [7, 11) is -1.38. The third-order valence-electron chi connectivity index (χ3n) is 5.04. The summed E-state index contributed by atoms with van der Waals surface area (Å²) in [5, 5.41) is 0. The molecule has 0 aromatic rings. The predicted octanol–water partition coefficient (Wildman–Crippen LogP) is 0.0345. The van der Waals surface area contributed by atoms with Crippen molar-refractivity contribution in [3.63, 3.8) is 0 Å². The molecule has 21 heavy (non-hydrogen) atoms. The van der Waals surface area contributed by atoms with Gasteiger partial charge < -0.3 is 9.80 Å². The van der Waals surface area contributed by atoms with Crippen LogP contribution in [-0.2, 0) is 19.4 Å². The molecule has 2 heterocycles. The van der Waals surface area contributed by atoms with Crippen LogP contribution < -0.4 is 0 Å². The van der Waals surface area contributed by atoms with Gasteiger partial charge in [-0.05, 0) is 32.1 Å². The average molecular weight is 314 g/mol. The van der Waals surface area contributed by atoms with E-state index in [4.69, 9.17) is 0 Å². The van der Waals surface area contributed by atoms with Gasteiger partial charge in [0, 0.05) is 26.2 Å². The van der Waals surface area contributed by atoms with Crippen molar-refractivity contribution < 1.29 is 18.0 Å². The second-order valence-corrected chi connectivity index (χ2v) is 8.78. The molecule has 0 aromatic carbocycles. The number of nitrogens with zero attached hydrogens (tertiary/aromatic N) is 2. The van der Waals surface area contributed by atoms with Crippen LogP contribution in [0.1, 0.15) is 32.1 Å². The van der Waals surface area contributed by atoms with Gasteiger partial charge in [0.25, 0.3) is 0 Å². The zero-order valence-electron chi connectivity index (χ0n) is 12.4. The summed E-state index contributed by atoms with van der Waals surface area (Å²) in [6, 6.07) is -0.272. The van der Waals surface area contributed by atoms with Crippen molar-refractivity contribution in [1.82, 2.24) is 9.80 Å². The van der Waals surface area contributed by atoms with Crippen molar-refractivity contribution in [3.8, 4) is 0 Å². The minimum Gasteiger partial charge on any atom is -0.342 e. The van der Waals surface area contributed by atoms with Gasteiger partial charge in [-0.2, -0.15) is 0 Å². The molecule has 0 bridgehead atoms. The molecule has 2 saturated heterocycles. The second kappa shape index (κ2) is 4.97. The lowest BCUT2D eigenvalue weighted by molar-refractivity contribution is -0.149. The first kappa shape index (κ1) is 14.8. The fourth-order valence-corrected chi connectivity index (χ4v) is 5.23. The highest BCUT2D eigenvalue weighted by Gasteiger charge is 2.59. The van der Waals surface area contributed by atoms with Gasteiger partial charge >= 0.3 is 0 Å². The van der Waals surface area contributed by atoms with E-state index in [0.29, 0.717) is 19.3 Å². The van der Waals surface area contributed by atoms with E-state index in [0.717, 1.165) is 25.9 Å². The molecule has 3 aliphatic rings. The number of hydrogen-bond donors (Lipinski definition) is 0. The summed E-state index contributed by atoms with van der Waals surface area (Å²) in [5.74, 6) is -0.0508. The van der Waals surface area contributed by atoms with Gasteiger partial charge in [-0.1, -0.05) is 0 Å². The Morgan fingerprint density at radius 2 is 1.81 bits per heavy atom. The van der Waals surface area contributed by atoms with Crippen LogP contribution in [0.4, 0.5) is 0 Å². The second-order valence-electron chi connectivity index (χ2n) is 6.55. The maximum absolute atomic E-state index is 12.7. The summed E-state index contributed by atoms with van der Waals surface area (Å²) >= 11 is 0. The number of sulfone groups is 1. The Kier molecular flexibility index (Phi) is 3.50. The van der Waals surface area contributed by atoms with Crippen LogP contribution in [0.2, 0.25) is 0 Å². The number of carbonyl (C=O) groups excluding carboxylic acids is 2. The standard InChI is InChI=1S/C14H22N2O4S/c1-15(11-4-9-21(19,20)10-11)12(17)14(5-6-14)13(18)16-7-2-3-8-16/h11H,2-10H2,1H3. The molecule has 118 valence electrons. The van der Waals surface area contributed by atoms with Crippen molar-refractivity contribution in [1.29, 1.82) is 0 Å². The van der Waals surface area contributed by atoms with Gasteiger partial charge in [-0.15, -0.1) is 0 Å². The van der Waals surface area contributed by atoms with E-state index in [1.54, 1.807) is 11.9 Å². The van der Waals surface area contributed by atoms with Crippen LogP contribution in [0.15, 0.2) is 0 Å². The molecule has 0 aromatic heterocycles. The Bertz CT molecular complexity index is 562. The lowest BCUT2D eigenvalue weighted by atomic mass is 10.0. The van der Waals surface area contributed by atoms with Crippen LogP contribution in [0.25, 0.3) is 0 Å². The maximum atomic E-state index is 12.7. The van der Waals surface area contributed by atoms with Crippen LogP contribution in [0.5, 0.6) is 0 Å². The molecule has 1 atom stereocenters. The smallest absolute Gasteiger partial charge is 0.238 e. The number of rotatable bonds is 3. The van der Waals surface area contributed by atoms with Gasteiger partial charge in [0.1, 0.15) is 5.41 Å². The monoisotopic (exact) mass is 314 g/mol. The SMILES string of the molecule is CN(C(=O)C1(C(=O)N2CCCC2)CC1)C1CCS(=O)(=O)C1. The van der Waals surface area contributed by atoms with Gasteiger partial charge in [0.05, 0.1) is 11.5 Å². The molecule has 6 nitrogen and oxygen atoms in total. The lowest BCUT2D eigenvalue weighted by Gasteiger charge is -2.29. The van der Waals surface area contributed by atoms with E-state index in [2.05, 4.69) is 0 Å². The van der Waals surface area contributed by atoms with E-state index in [-0.39, 0.29) is 29.4 Å². The third kappa shape index (κ3) is 2.56. The van der Waals surface area contributed by atoms with Crippen LogP contribution in [0, 0.1) is 5.41 Å². The first-order valence-electron chi connectivity index (χ1n) is 7.63. The van der Waals surface area contributed by atoms with Crippen molar-refractivity contribution >= 4 is 21.7 Å². The van der Waals surface area contributed by atoms with Crippen molar-refractivity contribution in [2.75, 3.05) is 31.6 Å². The topological polar surface area (TPSA) is 74.8 Å². The van der Waals surface area contributed by atoms with Crippen LogP contribution in [0.3, 0.4) is 0 Å². The largest absolute Gasteiger partial charge is 0.342 e. The quantitative estimate of drug-likeness (QED) is 0.689. The fourth-order valence-electron chi connectivity index (χ4n) is 3.45. The van der Waals surface area contributed by atoms with E-state index >= 15 is 0 Å². The van der Waals surface area contributed by atoms with E-state index in [1.165, 1.54) is 4.90 Å². The molecular weight excluding hydrogens is 292 g/mol.